The summed E-state index contributed by atoms with van der Waals surface area (Å²) in [4.78, 5) is 0. The van der Waals surface area contributed by atoms with E-state index in [-0.39, 0.29) is 0 Å². The molecule has 2 aliphatic carbocycles. The average molecular weight is 363 g/mol. The van der Waals surface area contributed by atoms with Gasteiger partial charge in [0.05, 0.1) is 6.61 Å². The van der Waals surface area contributed by atoms with E-state index in [1.165, 1.54) is 109 Å². The molecule has 1 heteroatoms. The van der Waals surface area contributed by atoms with Crippen LogP contribution in [0.2, 0.25) is 0 Å². The summed E-state index contributed by atoms with van der Waals surface area (Å²) in [5.74, 6) is 2.11. The number of hydrogen-bond acceptors (Lipinski definition) is 1. The Labute approximate surface area is 164 Å². The van der Waals surface area contributed by atoms with Crippen LogP contribution in [-0.4, -0.2) is 13.2 Å². The van der Waals surface area contributed by atoms with Gasteiger partial charge in [0, 0.05) is 6.61 Å². The molecule has 0 amide bonds. The first-order valence-electron chi connectivity index (χ1n) is 12.0. The summed E-state index contributed by atoms with van der Waals surface area (Å²) in [6.07, 6.45) is 26.7. The second-order valence-corrected chi connectivity index (χ2v) is 9.37. The smallest absolute Gasteiger partial charge is 0.0644 e. The van der Waals surface area contributed by atoms with Crippen LogP contribution in [0.4, 0.5) is 0 Å². The van der Waals surface area contributed by atoms with Gasteiger partial charge in [0.25, 0.3) is 0 Å². The first-order chi connectivity index (χ1) is 12.8. The molecule has 0 radical (unpaired) electrons. The van der Waals surface area contributed by atoms with Crippen LogP contribution < -0.4 is 0 Å². The van der Waals surface area contributed by atoms with Crippen molar-refractivity contribution in [1.82, 2.24) is 0 Å². The molecule has 2 saturated carbocycles. The van der Waals surface area contributed by atoms with Crippen molar-refractivity contribution in [3.63, 3.8) is 0 Å². The molecular weight excluding hydrogens is 316 g/mol. The molecule has 152 valence electrons. The molecule has 0 aliphatic heterocycles. The minimum Gasteiger partial charge on any atom is -0.377 e. The van der Waals surface area contributed by atoms with Gasteiger partial charge >= 0.3 is 0 Å². The summed E-state index contributed by atoms with van der Waals surface area (Å²) in [7, 11) is 0. The maximum absolute atomic E-state index is 5.80. The van der Waals surface area contributed by atoms with Gasteiger partial charge in [0.2, 0.25) is 0 Å². The molecule has 0 atom stereocenters. The third-order valence-corrected chi connectivity index (χ3v) is 7.48. The Morgan fingerprint density at radius 3 is 2.19 bits per heavy atom. The Hall–Kier alpha value is -0.300. The Balaban J connectivity index is 1.76. The van der Waals surface area contributed by atoms with E-state index < -0.39 is 0 Å². The lowest BCUT2D eigenvalue weighted by molar-refractivity contribution is 0.0487. The van der Waals surface area contributed by atoms with Gasteiger partial charge in [-0.05, 0) is 55.8 Å². The minimum absolute atomic E-state index is 0.594. The monoisotopic (exact) mass is 362 g/mol. The van der Waals surface area contributed by atoms with E-state index in [4.69, 9.17) is 4.74 Å². The lowest BCUT2D eigenvalue weighted by Gasteiger charge is -2.43. The van der Waals surface area contributed by atoms with Gasteiger partial charge in [-0.25, -0.2) is 0 Å². The van der Waals surface area contributed by atoms with Crippen molar-refractivity contribution in [2.75, 3.05) is 13.2 Å². The average Bonchev–Trinajstić information content (AvgIpc) is 2.69. The summed E-state index contributed by atoms with van der Waals surface area (Å²) in [5, 5.41) is 0. The molecule has 0 saturated heterocycles. The van der Waals surface area contributed by atoms with Crippen molar-refractivity contribution < 1.29 is 4.74 Å². The Morgan fingerprint density at radius 1 is 0.846 bits per heavy atom. The fourth-order valence-corrected chi connectivity index (χ4v) is 5.69. The molecule has 0 aromatic carbocycles. The Kier molecular flexibility index (Phi) is 11.0. The van der Waals surface area contributed by atoms with E-state index in [1.54, 1.807) is 0 Å². The fraction of sp³-hybridized carbons (Fsp3) is 0.920. The van der Waals surface area contributed by atoms with Gasteiger partial charge in [0.15, 0.2) is 0 Å². The van der Waals surface area contributed by atoms with Crippen molar-refractivity contribution in [2.24, 2.45) is 17.3 Å². The fourth-order valence-electron chi connectivity index (χ4n) is 5.69. The lowest BCUT2D eigenvalue weighted by atomic mass is 9.62. The number of unbranched alkanes of at least 4 members (excludes halogenated alkanes) is 5. The zero-order chi connectivity index (χ0) is 18.5. The van der Waals surface area contributed by atoms with Gasteiger partial charge < -0.3 is 4.74 Å². The highest BCUT2D eigenvalue weighted by molar-refractivity contribution is 4.88. The second kappa shape index (κ2) is 13.0. The summed E-state index contributed by atoms with van der Waals surface area (Å²) in [5.41, 5.74) is 0.594. The van der Waals surface area contributed by atoms with Crippen LogP contribution in [-0.2, 0) is 4.74 Å². The molecule has 0 spiro atoms. The molecule has 0 heterocycles. The van der Waals surface area contributed by atoms with E-state index in [9.17, 15) is 0 Å². The molecule has 0 unspecified atom stereocenters. The summed E-state index contributed by atoms with van der Waals surface area (Å²) < 4.78 is 5.80. The van der Waals surface area contributed by atoms with E-state index in [0.29, 0.717) is 5.41 Å². The molecule has 2 rings (SSSR count). The highest BCUT2D eigenvalue weighted by Gasteiger charge is 2.37. The van der Waals surface area contributed by atoms with Gasteiger partial charge in [-0.15, -0.1) is 6.58 Å². The predicted octanol–water partition coefficient (Wildman–Crippen LogP) is 8.09. The van der Waals surface area contributed by atoms with Crippen LogP contribution in [0.25, 0.3) is 0 Å². The Bertz CT molecular complexity index is 347. The van der Waals surface area contributed by atoms with E-state index in [0.717, 1.165) is 25.0 Å². The third-order valence-electron chi connectivity index (χ3n) is 7.48. The summed E-state index contributed by atoms with van der Waals surface area (Å²) in [6, 6.07) is 0. The largest absolute Gasteiger partial charge is 0.377 e. The maximum atomic E-state index is 5.80. The summed E-state index contributed by atoms with van der Waals surface area (Å²) in [6.45, 7) is 7.75. The molecule has 0 aromatic heterocycles. The van der Waals surface area contributed by atoms with Gasteiger partial charge in [-0.1, -0.05) is 83.6 Å². The van der Waals surface area contributed by atoms with Gasteiger partial charge in [0.1, 0.15) is 0 Å². The minimum atomic E-state index is 0.594. The van der Waals surface area contributed by atoms with Crippen molar-refractivity contribution in [1.29, 1.82) is 0 Å². The second-order valence-electron chi connectivity index (χ2n) is 9.37. The first kappa shape index (κ1) is 22.0. The highest BCUT2D eigenvalue weighted by Crippen LogP contribution is 2.49. The Morgan fingerprint density at radius 2 is 1.50 bits per heavy atom. The first-order valence-corrected chi connectivity index (χ1v) is 12.0. The van der Waals surface area contributed by atoms with Crippen LogP contribution in [0, 0.1) is 17.3 Å². The molecular formula is C25H46O. The highest BCUT2D eigenvalue weighted by atomic mass is 16.5. The molecule has 0 aromatic rings. The normalized spacial score (nSPS) is 27.5. The van der Waals surface area contributed by atoms with E-state index >= 15 is 0 Å². The predicted molar refractivity (Wildman–Crippen MR) is 115 cm³/mol. The number of hydrogen-bond donors (Lipinski definition) is 0. The third kappa shape index (κ3) is 7.75. The molecule has 2 aliphatic rings. The molecule has 2 fully saturated rings. The van der Waals surface area contributed by atoms with Crippen molar-refractivity contribution in [2.45, 2.75) is 116 Å². The van der Waals surface area contributed by atoms with Crippen molar-refractivity contribution in [3.05, 3.63) is 12.7 Å². The quantitative estimate of drug-likeness (QED) is 0.237. The zero-order valence-electron chi connectivity index (χ0n) is 17.8. The van der Waals surface area contributed by atoms with Gasteiger partial charge in [-0.2, -0.15) is 0 Å². The van der Waals surface area contributed by atoms with Crippen LogP contribution >= 0.6 is 0 Å². The SMILES string of the molecule is C=CCOCCC1(CCCCCCCC)CCC(C2CCCCC2)CC1. The van der Waals surface area contributed by atoms with Gasteiger partial charge in [-0.3, -0.25) is 0 Å². The number of rotatable bonds is 13. The maximum Gasteiger partial charge on any atom is 0.0644 e. The molecule has 0 bridgehead atoms. The zero-order valence-corrected chi connectivity index (χ0v) is 17.8. The molecule has 26 heavy (non-hydrogen) atoms. The van der Waals surface area contributed by atoms with Crippen molar-refractivity contribution >= 4 is 0 Å². The van der Waals surface area contributed by atoms with Crippen LogP contribution in [0.15, 0.2) is 12.7 Å². The molecule has 1 nitrogen and oxygen atoms in total. The number of ether oxygens (including phenoxy) is 1. The van der Waals surface area contributed by atoms with E-state index in [1.807, 2.05) is 6.08 Å². The lowest BCUT2D eigenvalue weighted by Crippen LogP contribution is -2.32. The van der Waals surface area contributed by atoms with Crippen molar-refractivity contribution in [3.8, 4) is 0 Å². The summed E-state index contributed by atoms with van der Waals surface area (Å²) >= 11 is 0. The van der Waals surface area contributed by atoms with Crippen LogP contribution in [0.5, 0.6) is 0 Å². The van der Waals surface area contributed by atoms with E-state index in [2.05, 4.69) is 13.5 Å². The van der Waals surface area contributed by atoms with Crippen LogP contribution in [0.1, 0.15) is 116 Å². The standard InChI is InChI=1S/C25H46O/c1-3-5-6-7-8-12-17-25(20-22-26-21-4-2)18-15-24(16-19-25)23-13-10-9-11-14-23/h4,23-24H,2-3,5-22H2,1H3. The molecule has 0 N–H and O–H groups in total. The topological polar surface area (TPSA) is 9.23 Å². The van der Waals surface area contributed by atoms with Crippen LogP contribution in [0.3, 0.4) is 0 Å².